The van der Waals surface area contributed by atoms with E-state index in [0.717, 1.165) is 0 Å². The van der Waals surface area contributed by atoms with Crippen molar-refractivity contribution in [2.24, 2.45) is 0 Å². The Balaban J connectivity index is 2.10. The summed E-state index contributed by atoms with van der Waals surface area (Å²) in [6.45, 7) is 6.67. The van der Waals surface area contributed by atoms with Gasteiger partial charge in [0.05, 0.1) is 35.5 Å². The van der Waals surface area contributed by atoms with Gasteiger partial charge in [-0.25, -0.2) is 17.9 Å². The molecule has 0 amide bonds. The smallest absolute Gasteiger partial charge is 0.337 e. The third kappa shape index (κ3) is 5.66. The molecule has 1 heterocycles. The average molecular weight is 386 g/mol. The van der Waals surface area contributed by atoms with Crippen LogP contribution >= 0.6 is 0 Å². The molecule has 1 aliphatic rings. The zero-order valence-electron chi connectivity index (χ0n) is 15.1. The van der Waals surface area contributed by atoms with Crippen LogP contribution in [-0.4, -0.2) is 65.1 Å². The second-order valence-corrected chi connectivity index (χ2v) is 8.02. The maximum atomic E-state index is 12.4. The third-order valence-corrected chi connectivity index (χ3v) is 5.38. The van der Waals surface area contributed by atoms with Crippen molar-refractivity contribution in [3.63, 3.8) is 0 Å². The fourth-order valence-electron chi connectivity index (χ4n) is 2.61. The van der Waals surface area contributed by atoms with Crippen molar-refractivity contribution < 1.29 is 27.8 Å². The van der Waals surface area contributed by atoms with Gasteiger partial charge in [0.2, 0.25) is 10.0 Å². The van der Waals surface area contributed by atoms with Crippen molar-refractivity contribution in [2.75, 3.05) is 44.4 Å². The number of sulfonamides is 1. The Labute approximate surface area is 154 Å². The van der Waals surface area contributed by atoms with Crippen LogP contribution in [0.2, 0.25) is 0 Å². The van der Waals surface area contributed by atoms with Crippen LogP contribution in [0.15, 0.2) is 23.1 Å². The van der Waals surface area contributed by atoms with Crippen molar-refractivity contribution in [2.45, 2.75) is 31.3 Å². The number of benzene rings is 1. The molecule has 2 rings (SSSR count). The molecule has 0 bridgehead atoms. The minimum absolute atomic E-state index is 0.0297. The molecule has 0 radical (unpaired) electrons. The summed E-state index contributed by atoms with van der Waals surface area (Å²) >= 11 is 0. The highest BCUT2D eigenvalue weighted by molar-refractivity contribution is 7.89. The van der Waals surface area contributed by atoms with E-state index in [0.29, 0.717) is 45.0 Å². The molecule has 1 aliphatic heterocycles. The number of ether oxygens (including phenoxy) is 2. The largest absolute Gasteiger partial charge is 0.478 e. The van der Waals surface area contributed by atoms with Crippen LogP contribution in [0.5, 0.6) is 0 Å². The van der Waals surface area contributed by atoms with Crippen molar-refractivity contribution >= 4 is 21.7 Å². The fourth-order valence-corrected chi connectivity index (χ4v) is 3.71. The van der Waals surface area contributed by atoms with Crippen molar-refractivity contribution in [1.82, 2.24) is 4.72 Å². The van der Waals surface area contributed by atoms with Gasteiger partial charge < -0.3 is 19.5 Å². The highest BCUT2D eigenvalue weighted by atomic mass is 32.2. The van der Waals surface area contributed by atoms with E-state index in [2.05, 4.69) is 4.72 Å². The summed E-state index contributed by atoms with van der Waals surface area (Å²) < 4.78 is 37.9. The number of aromatic carboxylic acids is 1. The summed E-state index contributed by atoms with van der Waals surface area (Å²) in [5, 5.41) is 9.49. The van der Waals surface area contributed by atoms with Crippen LogP contribution in [0.25, 0.3) is 0 Å². The standard InChI is InChI=1S/C17H26N2O6S/c1-13(2)25-9-3-6-18-26(22,23)14-4-5-16(15(12-14)17(20)21)19-7-10-24-11-8-19/h4-5,12-13,18H,3,6-11H2,1-2H3,(H,20,21). The van der Waals surface area contributed by atoms with Crippen molar-refractivity contribution in [3.8, 4) is 0 Å². The lowest BCUT2D eigenvalue weighted by atomic mass is 10.1. The number of anilines is 1. The number of carboxylic acids is 1. The Morgan fingerprint density at radius 3 is 2.65 bits per heavy atom. The molecule has 0 saturated carbocycles. The minimum atomic E-state index is -3.78. The number of carbonyl (C=O) groups is 1. The maximum absolute atomic E-state index is 12.4. The molecular weight excluding hydrogens is 360 g/mol. The molecule has 0 aromatic heterocycles. The van der Waals surface area contributed by atoms with Gasteiger partial charge in [-0.1, -0.05) is 0 Å². The van der Waals surface area contributed by atoms with Gasteiger partial charge in [-0.2, -0.15) is 0 Å². The Bertz CT molecular complexity index is 714. The zero-order valence-corrected chi connectivity index (χ0v) is 15.9. The summed E-state index contributed by atoms with van der Waals surface area (Å²) in [4.78, 5) is 13.4. The molecular formula is C17H26N2O6S. The van der Waals surface area contributed by atoms with E-state index >= 15 is 0 Å². The first-order valence-electron chi connectivity index (χ1n) is 8.62. The van der Waals surface area contributed by atoms with E-state index in [-0.39, 0.29) is 23.1 Å². The number of rotatable bonds is 9. The van der Waals surface area contributed by atoms with E-state index in [9.17, 15) is 18.3 Å². The summed E-state index contributed by atoms with van der Waals surface area (Å²) in [5.41, 5.74) is 0.475. The van der Waals surface area contributed by atoms with E-state index in [4.69, 9.17) is 9.47 Å². The van der Waals surface area contributed by atoms with E-state index in [1.807, 2.05) is 18.7 Å². The molecule has 26 heavy (non-hydrogen) atoms. The van der Waals surface area contributed by atoms with Crippen LogP contribution in [0.1, 0.15) is 30.6 Å². The van der Waals surface area contributed by atoms with Gasteiger partial charge in [0.15, 0.2) is 0 Å². The number of hydrogen-bond donors (Lipinski definition) is 2. The molecule has 2 N–H and O–H groups in total. The van der Waals surface area contributed by atoms with Gasteiger partial charge in [0, 0.05) is 26.2 Å². The molecule has 1 saturated heterocycles. The molecule has 0 spiro atoms. The van der Waals surface area contributed by atoms with Crippen LogP contribution in [0.3, 0.4) is 0 Å². The number of nitrogens with one attached hydrogen (secondary N) is 1. The van der Waals surface area contributed by atoms with Gasteiger partial charge in [-0.3, -0.25) is 0 Å². The van der Waals surface area contributed by atoms with Crippen molar-refractivity contribution in [1.29, 1.82) is 0 Å². The quantitative estimate of drug-likeness (QED) is 0.617. The topological polar surface area (TPSA) is 105 Å². The molecule has 1 aromatic carbocycles. The number of morpholine rings is 1. The summed E-state index contributed by atoms with van der Waals surface area (Å²) in [6.07, 6.45) is 0.632. The normalized spacial score (nSPS) is 15.4. The van der Waals surface area contributed by atoms with Gasteiger partial charge in [0.25, 0.3) is 0 Å². The average Bonchev–Trinajstić information content (AvgIpc) is 2.61. The number of hydrogen-bond acceptors (Lipinski definition) is 6. The molecule has 146 valence electrons. The number of nitrogens with zero attached hydrogens (tertiary/aromatic N) is 1. The van der Waals surface area contributed by atoms with Gasteiger partial charge in [0.1, 0.15) is 0 Å². The Morgan fingerprint density at radius 2 is 2.04 bits per heavy atom. The Kier molecular flexibility index (Phi) is 7.39. The summed E-state index contributed by atoms with van der Waals surface area (Å²) in [5.74, 6) is -1.16. The lowest BCUT2D eigenvalue weighted by Crippen LogP contribution is -2.37. The summed E-state index contributed by atoms with van der Waals surface area (Å²) in [6, 6.07) is 4.19. The molecule has 8 nitrogen and oxygen atoms in total. The fraction of sp³-hybridized carbons (Fsp3) is 0.588. The predicted octanol–water partition coefficient (Wildman–Crippen LogP) is 1.31. The number of carboxylic acid groups (broad SMARTS) is 1. The van der Waals surface area contributed by atoms with Crippen LogP contribution in [0, 0.1) is 0 Å². The van der Waals surface area contributed by atoms with Gasteiger partial charge in [-0.15, -0.1) is 0 Å². The monoisotopic (exact) mass is 386 g/mol. The molecule has 0 unspecified atom stereocenters. The first-order chi connectivity index (χ1) is 12.3. The highest BCUT2D eigenvalue weighted by Crippen LogP contribution is 2.25. The predicted molar refractivity (Wildman–Crippen MR) is 97.3 cm³/mol. The highest BCUT2D eigenvalue weighted by Gasteiger charge is 2.22. The van der Waals surface area contributed by atoms with Crippen LogP contribution in [-0.2, 0) is 19.5 Å². The lowest BCUT2D eigenvalue weighted by molar-refractivity contribution is 0.0695. The van der Waals surface area contributed by atoms with E-state index in [1.54, 1.807) is 6.07 Å². The molecule has 1 fully saturated rings. The Hall–Kier alpha value is -1.68. The van der Waals surface area contributed by atoms with E-state index < -0.39 is 16.0 Å². The SMILES string of the molecule is CC(C)OCCCNS(=O)(=O)c1ccc(N2CCOCC2)c(C(=O)O)c1. The zero-order chi connectivity index (χ0) is 19.2. The third-order valence-electron chi connectivity index (χ3n) is 3.92. The van der Waals surface area contributed by atoms with Crippen molar-refractivity contribution in [3.05, 3.63) is 23.8 Å². The second kappa shape index (κ2) is 9.31. The minimum Gasteiger partial charge on any atom is -0.478 e. The molecule has 0 atom stereocenters. The first kappa shape index (κ1) is 20.6. The maximum Gasteiger partial charge on any atom is 0.337 e. The van der Waals surface area contributed by atoms with Crippen LogP contribution in [0.4, 0.5) is 5.69 Å². The Morgan fingerprint density at radius 1 is 1.35 bits per heavy atom. The molecule has 9 heteroatoms. The lowest BCUT2D eigenvalue weighted by Gasteiger charge is -2.30. The van der Waals surface area contributed by atoms with Gasteiger partial charge >= 0.3 is 5.97 Å². The second-order valence-electron chi connectivity index (χ2n) is 6.25. The van der Waals surface area contributed by atoms with Crippen LogP contribution < -0.4 is 9.62 Å². The molecule has 0 aliphatic carbocycles. The van der Waals surface area contributed by atoms with E-state index in [1.165, 1.54) is 12.1 Å². The first-order valence-corrected chi connectivity index (χ1v) is 10.1. The molecule has 1 aromatic rings. The summed E-state index contributed by atoms with van der Waals surface area (Å²) in [7, 11) is -3.78. The van der Waals surface area contributed by atoms with Gasteiger partial charge in [-0.05, 0) is 38.5 Å².